The fraction of sp³-hybridized carbons (Fsp3) is 0.633. The molecule has 3 aromatic rings. The van der Waals surface area contributed by atoms with Crippen LogP contribution in [0.4, 0.5) is 22.0 Å². The Morgan fingerprint density at radius 3 is 2.41 bits per heavy atom. The van der Waals surface area contributed by atoms with E-state index < -0.39 is 81.7 Å². The minimum atomic E-state index is -3.86. The Kier molecular flexibility index (Phi) is 10.7. The van der Waals surface area contributed by atoms with Crippen molar-refractivity contribution in [3.63, 3.8) is 0 Å². The zero-order chi connectivity index (χ0) is 36.1. The number of carbonyl (C=O) groups excluding carboxylic acids is 2. The van der Waals surface area contributed by atoms with Crippen LogP contribution in [0.1, 0.15) is 92.4 Å². The summed E-state index contributed by atoms with van der Waals surface area (Å²) in [6.45, 7) is 1.65. The number of fused-ring (bicyclic) bond motifs is 1. The Bertz CT molecular complexity index is 1830. The lowest BCUT2D eigenvalue weighted by molar-refractivity contribution is -0.133. The summed E-state index contributed by atoms with van der Waals surface area (Å²) in [4.78, 5) is 32.2. The van der Waals surface area contributed by atoms with Gasteiger partial charge in [-0.05, 0) is 62.6 Å². The summed E-state index contributed by atoms with van der Waals surface area (Å²) in [7, 11) is -1.46. The number of alkyl halides is 4. The van der Waals surface area contributed by atoms with Crippen molar-refractivity contribution in [1.29, 1.82) is 0 Å². The van der Waals surface area contributed by atoms with Gasteiger partial charge in [-0.2, -0.15) is 0 Å². The second kappa shape index (κ2) is 13.9. The normalized spacial score (nSPS) is 25.4. The molecule has 0 spiro atoms. The molecule has 11 nitrogen and oxygen atoms in total. The molecule has 2 aromatic heterocycles. The third-order valence-electron chi connectivity index (χ3n) is 9.55. The number of aromatic nitrogens is 4. The van der Waals surface area contributed by atoms with Gasteiger partial charge in [0, 0.05) is 11.3 Å². The summed E-state index contributed by atoms with van der Waals surface area (Å²) in [5.74, 6) is -8.99. The number of likely N-dealkylation sites (tertiary alicyclic amines) is 1. The first-order valence-corrected chi connectivity index (χ1v) is 19.2. The van der Waals surface area contributed by atoms with Gasteiger partial charge in [0.15, 0.2) is 17.2 Å². The van der Waals surface area contributed by atoms with Crippen LogP contribution in [0.2, 0.25) is 0 Å². The second-order valence-corrected chi connectivity index (χ2v) is 17.5. The molecule has 3 heterocycles. The highest BCUT2D eigenvalue weighted by Crippen LogP contribution is 2.45. The predicted octanol–water partition coefficient (Wildman–Crippen LogP) is 5.64. The lowest BCUT2D eigenvalue weighted by Crippen LogP contribution is -2.39. The number of nitrogens with zero attached hydrogens (tertiary/aromatic N) is 5. The minimum absolute atomic E-state index is 0.0426. The number of halogens is 6. The van der Waals surface area contributed by atoms with Crippen molar-refractivity contribution >= 4 is 64.8 Å². The van der Waals surface area contributed by atoms with Crippen LogP contribution < -0.4 is 5.32 Å². The quantitative estimate of drug-likeness (QED) is 0.149. The first-order valence-electron chi connectivity index (χ1n) is 15.8. The maximum absolute atomic E-state index is 16.6. The fourth-order valence-electron chi connectivity index (χ4n) is 6.41. The van der Waals surface area contributed by atoms with Crippen LogP contribution in [0.5, 0.6) is 0 Å². The topological polar surface area (TPSA) is 140 Å². The second-order valence-electron chi connectivity index (χ2n) is 13.0. The Morgan fingerprint density at radius 2 is 1.82 bits per heavy atom. The molecule has 1 aromatic carbocycles. The van der Waals surface area contributed by atoms with Crippen molar-refractivity contribution in [2.75, 3.05) is 24.6 Å². The molecule has 0 bridgehead atoms. The highest BCUT2D eigenvalue weighted by atomic mass is 127. The smallest absolute Gasteiger partial charge is 0.300 e. The van der Waals surface area contributed by atoms with Gasteiger partial charge in [-0.15, -0.1) is 0 Å². The summed E-state index contributed by atoms with van der Waals surface area (Å²) >= 11 is 1.89. The van der Waals surface area contributed by atoms with E-state index >= 15 is 4.39 Å². The number of nitrogens with one attached hydrogen (secondary N) is 1. The van der Waals surface area contributed by atoms with Crippen LogP contribution in [0.25, 0.3) is 11.0 Å². The van der Waals surface area contributed by atoms with Gasteiger partial charge in [-0.1, -0.05) is 34.3 Å². The summed E-state index contributed by atoms with van der Waals surface area (Å²) in [6, 6.07) is 1.86. The molecule has 5 rings (SSSR count). The standard InChI is InChI=1S/C30H37F5IN6O5PS/c1-4-19-23(40-47-39-19)26(43)38-22(16-8-11-29(33,48)12-9-16)25-37-24-20(42(25)36)7-6-17(21(24)31)18(10-13-49(45,46)5-2)27(44)41-14-28(3,32)30(34,35)15-41/h6-7,16,18,22H,4-5,8-15,48H2,1-3H3,(H,38,43)/t16?,18-,22+,28?,29?/m1/s1. The Hall–Kier alpha value is -2.47. The Morgan fingerprint density at radius 1 is 1.14 bits per heavy atom. The monoisotopic (exact) mass is 846 g/mol. The number of amides is 2. The zero-order valence-electron chi connectivity index (χ0n) is 27.0. The summed E-state index contributed by atoms with van der Waals surface area (Å²) in [5, 5.41) is 8.90. The Balaban J connectivity index is 1.56. The fourth-order valence-corrected chi connectivity index (χ4v) is 8.42. The molecule has 2 fully saturated rings. The number of hydrogen-bond donors (Lipinski definition) is 1. The van der Waals surface area contributed by atoms with E-state index in [-0.39, 0.29) is 52.6 Å². The van der Waals surface area contributed by atoms with Gasteiger partial charge in [0.1, 0.15) is 32.3 Å². The molecule has 2 amide bonds. The van der Waals surface area contributed by atoms with Crippen LogP contribution >= 0.6 is 32.1 Å². The van der Waals surface area contributed by atoms with Gasteiger partial charge < -0.3 is 10.2 Å². The molecule has 1 aliphatic carbocycles. The molecule has 270 valence electrons. The number of aryl methyl sites for hydroxylation is 1. The highest BCUT2D eigenvalue weighted by molar-refractivity contribution is 14.1. The van der Waals surface area contributed by atoms with Crippen LogP contribution in [0.3, 0.4) is 0 Å². The highest BCUT2D eigenvalue weighted by Gasteiger charge is 2.60. The molecule has 49 heavy (non-hydrogen) atoms. The van der Waals surface area contributed by atoms with E-state index in [1.807, 2.05) is 22.9 Å². The molecule has 4 atom stereocenters. The lowest BCUT2D eigenvalue weighted by Gasteiger charge is -2.35. The van der Waals surface area contributed by atoms with Crippen molar-refractivity contribution in [3.05, 3.63) is 40.7 Å². The van der Waals surface area contributed by atoms with Crippen molar-refractivity contribution in [1.82, 2.24) is 28.3 Å². The van der Waals surface area contributed by atoms with Gasteiger partial charge >= 0.3 is 0 Å². The van der Waals surface area contributed by atoms with E-state index in [2.05, 4.69) is 29.9 Å². The molecule has 1 N–H and O–H groups in total. The predicted molar refractivity (Wildman–Crippen MR) is 181 cm³/mol. The third kappa shape index (κ3) is 7.60. The molecular formula is C30H37F5IN6O5PS. The molecule has 0 radical (unpaired) electrons. The molecule has 1 saturated heterocycles. The van der Waals surface area contributed by atoms with Crippen LogP contribution in [-0.2, 0) is 21.1 Å². The number of hydrogen-bond acceptors (Lipinski definition) is 8. The van der Waals surface area contributed by atoms with Crippen molar-refractivity contribution in [3.8, 4) is 0 Å². The number of imidazole rings is 1. The zero-order valence-corrected chi connectivity index (χ0v) is 31.1. The number of rotatable bonds is 11. The number of sulfone groups is 1. The van der Waals surface area contributed by atoms with E-state index in [4.69, 9.17) is 4.63 Å². The van der Waals surface area contributed by atoms with Crippen molar-refractivity contribution in [2.24, 2.45) is 5.92 Å². The van der Waals surface area contributed by atoms with Crippen LogP contribution in [0, 0.1) is 11.7 Å². The lowest BCUT2D eigenvalue weighted by atomic mass is 9.82. The first-order chi connectivity index (χ1) is 22.8. The van der Waals surface area contributed by atoms with Gasteiger partial charge in [0.05, 0.1) is 59.2 Å². The van der Waals surface area contributed by atoms with Crippen LogP contribution in [0.15, 0.2) is 16.8 Å². The molecule has 2 aliphatic rings. The maximum Gasteiger partial charge on any atom is 0.300 e. The van der Waals surface area contributed by atoms with E-state index in [9.17, 15) is 35.6 Å². The molecule has 1 saturated carbocycles. The molecule has 2 unspecified atom stereocenters. The van der Waals surface area contributed by atoms with Gasteiger partial charge in [-0.25, -0.2) is 40.0 Å². The van der Waals surface area contributed by atoms with Crippen molar-refractivity contribution < 1.29 is 44.6 Å². The first kappa shape index (κ1) is 37.8. The summed E-state index contributed by atoms with van der Waals surface area (Å²) < 4.78 is 106. The molecular weight excluding hydrogens is 809 g/mol. The average molecular weight is 847 g/mol. The third-order valence-corrected chi connectivity index (χ3v) is 12.9. The molecule has 1 aliphatic heterocycles. The van der Waals surface area contributed by atoms with E-state index in [0.29, 0.717) is 36.8 Å². The summed E-state index contributed by atoms with van der Waals surface area (Å²) in [6.07, 6.45) is 0.984. The van der Waals surface area contributed by atoms with Crippen LogP contribution in [-0.4, -0.2) is 84.8 Å². The van der Waals surface area contributed by atoms with E-state index in [1.54, 1.807) is 6.92 Å². The van der Waals surface area contributed by atoms with Gasteiger partial charge in [0.25, 0.3) is 11.8 Å². The van der Waals surface area contributed by atoms with Gasteiger partial charge in [0.2, 0.25) is 5.91 Å². The largest absolute Gasteiger partial charge is 0.340 e. The molecule has 19 heteroatoms. The number of carbonyl (C=O) groups is 2. The number of benzene rings is 1. The van der Waals surface area contributed by atoms with E-state index in [1.165, 1.54) is 21.8 Å². The SMILES string of the molecule is CCc1nonc1C(=O)N[C@H](c1nc2c(F)c([C@@H](CCS(=O)(=O)CC)C(=O)N3CC(C)(F)C(F)(F)C3)ccc2n1I)C1CCC(F)(P)CC1. The average Bonchev–Trinajstić information content (AvgIpc) is 3.70. The minimum Gasteiger partial charge on any atom is -0.340 e. The maximum atomic E-state index is 16.6. The van der Waals surface area contributed by atoms with E-state index in [0.717, 1.165) is 0 Å². The Labute approximate surface area is 296 Å². The van der Waals surface area contributed by atoms with Gasteiger partial charge in [-0.3, -0.25) is 12.4 Å². The van der Waals surface area contributed by atoms with Crippen molar-refractivity contribution in [2.45, 2.75) is 88.3 Å². The summed E-state index contributed by atoms with van der Waals surface area (Å²) in [5.41, 5.74) is -3.03.